The van der Waals surface area contributed by atoms with Gasteiger partial charge in [0, 0.05) is 25.1 Å². The molecule has 0 bridgehead atoms. The van der Waals surface area contributed by atoms with Crippen molar-refractivity contribution in [3.63, 3.8) is 0 Å². The minimum Gasteiger partial charge on any atom is -0.465 e. The van der Waals surface area contributed by atoms with Gasteiger partial charge in [-0.2, -0.15) is 0 Å². The highest BCUT2D eigenvalue weighted by atomic mass is 19.1. The minimum atomic E-state index is -0.971. The molecule has 1 saturated heterocycles. The number of piperidine rings is 1. The van der Waals surface area contributed by atoms with E-state index in [2.05, 4.69) is 0 Å². The van der Waals surface area contributed by atoms with Crippen molar-refractivity contribution < 1.29 is 23.8 Å². The highest BCUT2D eigenvalue weighted by Crippen LogP contribution is 2.34. The van der Waals surface area contributed by atoms with Gasteiger partial charge in [0.15, 0.2) is 6.29 Å². The van der Waals surface area contributed by atoms with Crippen LogP contribution < -0.4 is 0 Å². The zero-order chi connectivity index (χ0) is 21.1. The van der Waals surface area contributed by atoms with Crippen LogP contribution in [0.5, 0.6) is 0 Å². The highest BCUT2D eigenvalue weighted by Gasteiger charge is 2.35. The lowest BCUT2D eigenvalue weighted by Gasteiger charge is -2.38. The average Bonchev–Trinajstić information content (AvgIpc) is 2.77. The molecular weight excluding hydrogens is 385 g/mol. The summed E-state index contributed by atoms with van der Waals surface area (Å²) in [7, 11) is 1.57. The van der Waals surface area contributed by atoms with E-state index in [1.54, 1.807) is 19.2 Å². The van der Waals surface area contributed by atoms with E-state index in [0.717, 1.165) is 21.9 Å². The summed E-state index contributed by atoms with van der Waals surface area (Å²) in [5.74, 6) is -0.357. The number of rotatable bonds is 5. The van der Waals surface area contributed by atoms with E-state index in [-0.39, 0.29) is 18.3 Å². The summed E-state index contributed by atoms with van der Waals surface area (Å²) in [5, 5.41) is 11.7. The fraction of sp³-hybridized carbons (Fsp3) is 0.292. The molecule has 0 saturated carbocycles. The second kappa shape index (κ2) is 8.81. The molecule has 0 aliphatic carbocycles. The topological polar surface area (TPSA) is 59.0 Å². The molecule has 1 amide bonds. The first-order chi connectivity index (χ1) is 14.5. The number of ether oxygens (including phenoxy) is 2. The summed E-state index contributed by atoms with van der Waals surface area (Å²) in [6, 6.07) is 20.4. The normalized spacial score (nSPS) is 20.3. The number of hydrogen-bond acceptors (Lipinski definition) is 3. The molecule has 1 fully saturated rings. The molecule has 6 heteroatoms. The molecule has 3 aromatic rings. The number of hydrogen-bond donors (Lipinski definition) is 1. The Hall–Kier alpha value is -2.96. The highest BCUT2D eigenvalue weighted by molar-refractivity contribution is 5.83. The molecular formula is C24H24FNO4. The van der Waals surface area contributed by atoms with Crippen molar-refractivity contribution in [1.29, 1.82) is 0 Å². The lowest BCUT2D eigenvalue weighted by molar-refractivity contribution is -0.174. The molecule has 30 heavy (non-hydrogen) atoms. The van der Waals surface area contributed by atoms with E-state index >= 15 is 0 Å². The fourth-order valence-corrected chi connectivity index (χ4v) is 4.10. The molecule has 3 atom stereocenters. The van der Waals surface area contributed by atoms with Crippen LogP contribution in [0.2, 0.25) is 0 Å². The Labute approximate surface area is 174 Å². The first kappa shape index (κ1) is 20.3. The van der Waals surface area contributed by atoms with Crippen molar-refractivity contribution in [3.8, 4) is 0 Å². The van der Waals surface area contributed by atoms with E-state index in [9.17, 15) is 14.3 Å². The van der Waals surface area contributed by atoms with Gasteiger partial charge in [-0.15, -0.1) is 0 Å². The van der Waals surface area contributed by atoms with Gasteiger partial charge >= 0.3 is 6.09 Å². The quantitative estimate of drug-likeness (QED) is 0.590. The van der Waals surface area contributed by atoms with Crippen molar-refractivity contribution in [1.82, 2.24) is 4.90 Å². The molecule has 5 nitrogen and oxygen atoms in total. The van der Waals surface area contributed by atoms with Crippen LogP contribution in [0, 0.1) is 5.82 Å². The smallest absolute Gasteiger partial charge is 0.407 e. The van der Waals surface area contributed by atoms with E-state index in [0.29, 0.717) is 13.0 Å². The number of carboxylic acid groups (broad SMARTS) is 1. The summed E-state index contributed by atoms with van der Waals surface area (Å²) in [4.78, 5) is 12.9. The largest absolute Gasteiger partial charge is 0.465 e. The van der Waals surface area contributed by atoms with Crippen LogP contribution in [0.4, 0.5) is 9.18 Å². The second-order valence-corrected chi connectivity index (χ2v) is 7.52. The van der Waals surface area contributed by atoms with Crippen LogP contribution in [0.1, 0.15) is 29.8 Å². The van der Waals surface area contributed by atoms with Crippen molar-refractivity contribution in [2.24, 2.45) is 0 Å². The Morgan fingerprint density at radius 1 is 1.10 bits per heavy atom. The summed E-state index contributed by atoms with van der Waals surface area (Å²) >= 11 is 0. The lowest BCUT2D eigenvalue weighted by Crippen LogP contribution is -2.46. The first-order valence-electron chi connectivity index (χ1n) is 9.95. The van der Waals surface area contributed by atoms with Crippen molar-refractivity contribution in [3.05, 3.63) is 83.7 Å². The predicted octanol–water partition coefficient (Wildman–Crippen LogP) is 5.18. The van der Waals surface area contributed by atoms with Crippen LogP contribution in [0.25, 0.3) is 10.8 Å². The molecule has 0 spiro atoms. The average molecular weight is 409 g/mol. The second-order valence-electron chi connectivity index (χ2n) is 7.52. The lowest BCUT2D eigenvalue weighted by atomic mass is 9.87. The van der Waals surface area contributed by atoms with Crippen LogP contribution in [0.3, 0.4) is 0 Å². The van der Waals surface area contributed by atoms with Gasteiger partial charge in [-0.1, -0.05) is 48.5 Å². The molecule has 0 aromatic heterocycles. The number of carbonyl (C=O) groups is 1. The third-order valence-electron chi connectivity index (χ3n) is 5.69. The molecule has 4 rings (SSSR count). The molecule has 156 valence electrons. The van der Waals surface area contributed by atoms with Gasteiger partial charge in [-0.05, 0) is 41.0 Å². The van der Waals surface area contributed by atoms with Crippen LogP contribution in [0.15, 0.2) is 66.7 Å². The van der Waals surface area contributed by atoms with E-state index < -0.39 is 18.5 Å². The van der Waals surface area contributed by atoms with Gasteiger partial charge in [-0.3, -0.25) is 0 Å². The number of halogens is 1. The van der Waals surface area contributed by atoms with Crippen LogP contribution in [-0.4, -0.2) is 42.4 Å². The van der Waals surface area contributed by atoms with Crippen LogP contribution >= 0.6 is 0 Å². The maximum atomic E-state index is 13.4. The number of likely N-dealkylation sites (tertiary alicyclic amines) is 1. The Morgan fingerprint density at radius 2 is 1.83 bits per heavy atom. The maximum absolute atomic E-state index is 13.4. The monoisotopic (exact) mass is 409 g/mol. The standard InChI is InChI=1S/C24H24FNO4/c1-29-23(19-7-6-16-4-2-3-5-18(16)14-19)30-22-15-26(24(27)28)13-12-21(22)17-8-10-20(25)11-9-17/h2-11,14,21-23H,12-13,15H2,1H3,(H,27,28). The number of methoxy groups -OCH3 is 1. The Bertz CT molecular complexity index is 1020. The number of nitrogens with zero attached hydrogens (tertiary/aromatic N) is 1. The first-order valence-corrected chi connectivity index (χ1v) is 9.95. The fourth-order valence-electron chi connectivity index (χ4n) is 4.10. The summed E-state index contributed by atoms with van der Waals surface area (Å²) in [6.45, 7) is 0.635. The number of fused-ring (bicyclic) bond motifs is 1. The molecule has 0 radical (unpaired) electrons. The van der Waals surface area contributed by atoms with Gasteiger partial charge in [-0.25, -0.2) is 9.18 Å². The molecule has 3 aromatic carbocycles. The van der Waals surface area contributed by atoms with Crippen molar-refractivity contribution in [2.75, 3.05) is 20.2 Å². The minimum absolute atomic E-state index is 0.0562. The SMILES string of the molecule is COC(OC1CN(C(=O)O)CCC1c1ccc(F)cc1)c1ccc2ccccc2c1. The third-order valence-corrected chi connectivity index (χ3v) is 5.69. The summed E-state index contributed by atoms with van der Waals surface area (Å²) in [5.41, 5.74) is 1.79. The predicted molar refractivity (Wildman–Crippen MR) is 112 cm³/mol. The number of amides is 1. The summed E-state index contributed by atoms with van der Waals surface area (Å²) < 4.78 is 25.4. The van der Waals surface area contributed by atoms with Gasteiger partial charge in [0.05, 0.1) is 12.6 Å². The third kappa shape index (κ3) is 4.30. The molecule has 1 heterocycles. The maximum Gasteiger partial charge on any atom is 0.407 e. The van der Waals surface area contributed by atoms with Gasteiger partial charge in [0.1, 0.15) is 5.82 Å². The van der Waals surface area contributed by atoms with Crippen molar-refractivity contribution >= 4 is 16.9 Å². The number of benzene rings is 3. The van der Waals surface area contributed by atoms with Gasteiger partial charge in [0.25, 0.3) is 0 Å². The van der Waals surface area contributed by atoms with Crippen LogP contribution in [-0.2, 0) is 9.47 Å². The Balaban J connectivity index is 1.61. The molecule has 1 aliphatic rings. The Kier molecular flexibility index (Phi) is 5.97. The zero-order valence-corrected chi connectivity index (χ0v) is 16.7. The van der Waals surface area contributed by atoms with E-state index in [4.69, 9.17) is 9.47 Å². The van der Waals surface area contributed by atoms with Crippen molar-refractivity contribution in [2.45, 2.75) is 24.7 Å². The molecule has 3 unspecified atom stereocenters. The van der Waals surface area contributed by atoms with Gasteiger partial charge in [0.2, 0.25) is 0 Å². The molecule has 1 aliphatic heterocycles. The van der Waals surface area contributed by atoms with Gasteiger partial charge < -0.3 is 19.5 Å². The van der Waals surface area contributed by atoms with E-state index in [1.807, 2.05) is 42.5 Å². The molecule has 1 N–H and O–H groups in total. The zero-order valence-electron chi connectivity index (χ0n) is 16.7. The summed E-state index contributed by atoms with van der Waals surface area (Å²) in [6.07, 6.45) is -1.44. The van der Waals surface area contributed by atoms with E-state index in [1.165, 1.54) is 17.0 Å². The Morgan fingerprint density at radius 3 is 2.53 bits per heavy atom.